The number of methoxy groups -OCH3 is 1. The van der Waals surface area contributed by atoms with Crippen LogP contribution in [-0.2, 0) is 26.2 Å². The third-order valence-corrected chi connectivity index (χ3v) is 6.68. The number of halogens is 1. The summed E-state index contributed by atoms with van der Waals surface area (Å²) in [7, 11) is -2.01. The van der Waals surface area contributed by atoms with Crippen LogP contribution >= 0.6 is 11.6 Å². The van der Waals surface area contributed by atoms with Gasteiger partial charge in [0.15, 0.2) is 0 Å². The van der Waals surface area contributed by atoms with Crippen LogP contribution in [0.5, 0.6) is 5.75 Å². The van der Waals surface area contributed by atoms with E-state index in [9.17, 15) is 18.0 Å². The van der Waals surface area contributed by atoms with Gasteiger partial charge in [-0.3, -0.25) is 13.9 Å². The molecule has 0 heterocycles. The van der Waals surface area contributed by atoms with Gasteiger partial charge in [-0.1, -0.05) is 29.8 Å². The molecule has 1 N–H and O–H groups in total. The van der Waals surface area contributed by atoms with E-state index in [4.69, 9.17) is 16.3 Å². The fraction of sp³-hybridized carbons (Fsp3) is 0.417. The van der Waals surface area contributed by atoms with E-state index in [-0.39, 0.29) is 37.7 Å². The zero-order valence-electron chi connectivity index (χ0n) is 20.0. The normalized spacial score (nSPS) is 12.0. The predicted octanol–water partition coefficient (Wildman–Crippen LogP) is 3.45. The summed E-state index contributed by atoms with van der Waals surface area (Å²) in [5, 5.41) is 3.17. The number of hydrogen-bond donors (Lipinski definition) is 1. The van der Waals surface area contributed by atoms with Gasteiger partial charge in [-0.2, -0.15) is 0 Å². The van der Waals surface area contributed by atoms with Crippen LogP contribution in [0.2, 0.25) is 5.02 Å². The van der Waals surface area contributed by atoms with Gasteiger partial charge >= 0.3 is 0 Å². The number of anilines is 1. The van der Waals surface area contributed by atoms with Crippen molar-refractivity contribution in [1.29, 1.82) is 0 Å². The molecule has 186 valence electrons. The molecule has 0 bridgehead atoms. The molecule has 0 radical (unpaired) electrons. The number of ether oxygens (including phenoxy) is 1. The van der Waals surface area contributed by atoms with Gasteiger partial charge in [0, 0.05) is 31.1 Å². The summed E-state index contributed by atoms with van der Waals surface area (Å²) in [4.78, 5) is 27.2. The Hall–Kier alpha value is -2.78. The van der Waals surface area contributed by atoms with Gasteiger partial charge < -0.3 is 15.0 Å². The molecule has 0 saturated heterocycles. The highest BCUT2D eigenvalue weighted by Crippen LogP contribution is 2.23. The summed E-state index contributed by atoms with van der Waals surface area (Å²) in [6.07, 6.45) is 1.46. The molecule has 10 heteroatoms. The zero-order chi connectivity index (χ0) is 25.3. The highest BCUT2D eigenvalue weighted by atomic mass is 35.5. The molecule has 0 fully saturated rings. The molecule has 0 spiro atoms. The van der Waals surface area contributed by atoms with Crippen molar-refractivity contribution in [1.82, 2.24) is 10.2 Å². The molecule has 2 aromatic rings. The van der Waals surface area contributed by atoms with Crippen molar-refractivity contribution in [3.8, 4) is 5.75 Å². The Morgan fingerprint density at radius 1 is 1.15 bits per heavy atom. The Morgan fingerprint density at radius 3 is 2.47 bits per heavy atom. The quantitative estimate of drug-likeness (QED) is 0.472. The van der Waals surface area contributed by atoms with Crippen molar-refractivity contribution in [2.45, 2.75) is 39.3 Å². The average molecular weight is 510 g/mol. The lowest BCUT2D eigenvalue weighted by Crippen LogP contribution is -2.47. The zero-order valence-corrected chi connectivity index (χ0v) is 21.5. The second kappa shape index (κ2) is 12.6. The first-order valence-corrected chi connectivity index (χ1v) is 13.2. The van der Waals surface area contributed by atoms with Crippen molar-refractivity contribution >= 4 is 39.1 Å². The number of carbonyl (C=O) groups is 2. The molecule has 0 unspecified atom stereocenters. The minimum atomic E-state index is -3.57. The minimum Gasteiger partial charge on any atom is -0.497 e. The monoisotopic (exact) mass is 509 g/mol. The Labute approximate surface area is 206 Å². The third kappa shape index (κ3) is 7.92. The standard InChI is InChI=1S/C24H32ClN3O5S/c1-5-26-24(30)18(2)27(17-19-9-6-12-22(15-19)33-3)23(29)13-8-14-28(34(4,31)32)21-11-7-10-20(25)16-21/h6-7,9-12,15-16,18H,5,8,13-14,17H2,1-4H3,(H,26,30)/t18-/m1/s1. The molecule has 0 aliphatic carbocycles. The number of benzene rings is 2. The van der Waals surface area contributed by atoms with E-state index < -0.39 is 16.1 Å². The van der Waals surface area contributed by atoms with E-state index in [1.807, 2.05) is 25.1 Å². The average Bonchev–Trinajstić information content (AvgIpc) is 2.79. The van der Waals surface area contributed by atoms with Crippen LogP contribution < -0.4 is 14.4 Å². The molecule has 0 saturated carbocycles. The largest absolute Gasteiger partial charge is 0.497 e. The Morgan fingerprint density at radius 2 is 1.85 bits per heavy atom. The number of likely N-dealkylation sites (N-methyl/N-ethyl adjacent to an activating group) is 1. The minimum absolute atomic E-state index is 0.0697. The van der Waals surface area contributed by atoms with Crippen molar-refractivity contribution < 1.29 is 22.7 Å². The number of hydrogen-bond acceptors (Lipinski definition) is 5. The number of amides is 2. The summed E-state index contributed by atoms with van der Waals surface area (Å²) in [5.41, 5.74) is 1.26. The van der Waals surface area contributed by atoms with Gasteiger partial charge in [-0.25, -0.2) is 8.42 Å². The van der Waals surface area contributed by atoms with E-state index >= 15 is 0 Å². The maximum Gasteiger partial charge on any atom is 0.242 e. The fourth-order valence-electron chi connectivity index (χ4n) is 3.51. The molecule has 2 rings (SSSR count). The van der Waals surface area contributed by atoms with Crippen molar-refractivity contribution in [3.05, 3.63) is 59.1 Å². The van der Waals surface area contributed by atoms with E-state index in [2.05, 4.69) is 5.32 Å². The first-order valence-electron chi connectivity index (χ1n) is 11.0. The smallest absolute Gasteiger partial charge is 0.242 e. The fourth-order valence-corrected chi connectivity index (χ4v) is 4.65. The molecular weight excluding hydrogens is 478 g/mol. The summed E-state index contributed by atoms with van der Waals surface area (Å²) < 4.78 is 31.2. The Balaban J connectivity index is 2.17. The molecule has 0 aliphatic rings. The molecule has 2 amide bonds. The van der Waals surface area contributed by atoms with Gasteiger partial charge in [-0.15, -0.1) is 0 Å². The lowest BCUT2D eigenvalue weighted by molar-refractivity contribution is -0.140. The highest BCUT2D eigenvalue weighted by Gasteiger charge is 2.26. The van der Waals surface area contributed by atoms with Gasteiger partial charge in [0.25, 0.3) is 0 Å². The topological polar surface area (TPSA) is 96.0 Å². The maximum atomic E-state index is 13.2. The first-order chi connectivity index (χ1) is 16.1. The van der Waals surface area contributed by atoms with Crippen molar-refractivity contribution in [3.63, 3.8) is 0 Å². The van der Waals surface area contributed by atoms with E-state index in [1.54, 1.807) is 44.4 Å². The number of sulfonamides is 1. The summed E-state index contributed by atoms with van der Waals surface area (Å²) >= 11 is 6.02. The third-order valence-electron chi connectivity index (χ3n) is 5.25. The van der Waals surface area contributed by atoms with Crippen molar-refractivity contribution in [2.24, 2.45) is 0 Å². The van der Waals surface area contributed by atoms with Crippen LogP contribution in [0.15, 0.2) is 48.5 Å². The van der Waals surface area contributed by atoms with E-state index in [1.165, 1.54) is 9.21 Å². The van der Waals surface area contributed by atoms with Gasteiger partial charge in [0.1, 0.15) is 11.8 Å². The predicted molar refractivity (Wildman–Crippen MR) is 135 cm³/mol. The molecule has 8 nitrogen and oxygen atoms in total. The molecule has 2 aromatic carbocycles. The summed E-state index contributed by atoms with van der Waals surface area (Å²) in [5.74, 6) is 0.150. The van der Waals surface area contributed by atoms with Crippen LogP contribution in [0.25, 0.3) is 0 Å². The molecule has 1 atom stereocenters. The van der Waals surface area contributed by atoms with Crippen LogP contribution in [0, 0.1) is 0 Å². The van der Waals surface area contributed by atoms with Crippen LogP contribution in [-0.4, -0.2) is 57.6 Å². The number of nitrogens with zero attached hydrogens (tertiary/aromatic N) is 2. The lowest BCUT2D eigenvalue weighted by atomic mass is 10.1. The Bertz CT molecular complexity index is 1090. The number of rotatable bonds is 12. The number of carbonyl (C=O) groups excluding carboxylic acids is 2. The SMILES string of the molecule is CCNC(=O)[C@@H](C)N(Cc1cccc(OC)c1)C(=O)CCCN(c1cccc(Cl)c1)S(C)(=O)=O. The second-order valence-corrected chi connectivity index (χ2v) is 10.2. The summed E-state index contributed by atoms with van der Waals surface area (Å²) in [6.45, 7) is 4.27. The van der Waals surface area contributed by atoms with E-state index in [0.717, 1.165) is 11.8 Å². The van der Waals surface area contributed by atoms with Crippen molar-refractivity contribution in [2.75, 3.05) is 30.8 Å². The maximum absolute atomic E-state index is 13.2. The summed E-state index contributed by atoms with van der Waals surface area (Å²) in [6, 6.07) is 13.2. The van der Waals surface area contributed by atoms with Crippen LogP contribution in [0.4, 0.5) is 5.69 Å². The lowest BCUT2D eigenvalue weighted by Gasteiger charge is -2.29. The van der Waals surface area contributed by atoms with Crippen LogP contribution in [0.3, 0.4) is 0 Å². The van der Waals surface area contributed by atoms with E-state index in [0.29, 0.717) is 23.0 Å². The molecule has 0 aliphatic heterocycles. The van der Waals surface area contributed by atoms with Gasteiger partial charge in [0.05, 0.1) is 19.1 Å². The van der Waals surface area contributed by atoms with Crippen LogP contribution in [0.1, 0.15) is 32.3 Å². The molecule has 0 aromatic heterocycles. The van der Waals surface area contributed by atoms with Gasteiger partial charge in [-0.05, 0) is 56.2 Å². The first kappa shape index (κ1) is 27.5. The molecule has 34 heavy (non-hydrogen) atoms. The second-order valence-electron chi connectivity index (χ2n) is 7.86. The Kier molecular flexibility index (Phi) is 10.2. The molecular formula is C24H32ClN3O5S. The highest BCUT2D eigenvalue weighted by molar-refractivity contribution is 7.92. The number of nitrogens with one attached hydrogen (secondary N) is 1. The van der Waals surface area contributed by atoms with Gasteiger partial charge in [0.2, 0.25) is 21.8 Å².